The van der Waals surface area contributed by atoms with Crippen molar-refractivity contribution in [2.24, 2.45) is 5.92 Å². The Hall–Kier alpha value is -3.67. The molecular formula is C30H34ClN5O5S. The first-order valence-electron chi connectivity index (χ1n) is 14.0. The molecule has 0 saturated carbocycles. The molecule has 0 unspecified atom stereocenters. The molecule has 2 fully saturated rings. The highest BCUT2D eigenvalue weighted by Crippen LogP contribution is 2.36. The topological polar surface area (TPSA) is 116 Å². The number of carbonyl (C=O) groups excluding carboxylic acids is 1. The van der Waals surface area contributed by atoms with Gasteiger partial charge in [0.25, 0.3) is 11.6 Å². The molecule has 3 aromatic carbocycles. The molecule has 1 N–H and O–H groups in total. The SMILES string of the molecule is Cc1ccc(S(=O)(=O)N2CCN(c3c(Cl)cccc3NC(=O)c3ccc(N4CCC(C)CC4)c([N+](=O)[O-])c3)CC2)cc1. The molecule has 12 heteroatoms. The summed E-state index contributed by atoms with van der Waals surface area (Å²) in [5.41, 5.74) is 2.58. The van der Waals surface area contributed by atoms with Crippen LogP contribution in [0.15, 0.2) is 65.6 Å². The van der Waals surface area contributed by atoms with Crippen LogP contribution in [0, 0.1) is 23.0 Å². The number of rotatable bonds is 7. The molecule has 0 bridgehead atoms. The van der Waals surface area contributed by atoms with Gasteiger partial charge in [-0.25, -0.2) is 8.42 Å². The number of nitro groups is 1. The Kier molecular flexibility index (Phi) is 8.72. The number of nitrogens with zero attached hydrogens (tertiary/aromatic N) is 4. The molecule has 0 spiro atoms. The Morgan fingerprint density at radius 1 is 0.952 bits per heavy atom. The number of hydrogen-bond acceptors (Lipinski definition) is 7. The van der Waals surface area contributed by atoms with Crippen molar-refractivity contribution in [2.45, 2.75) is 31.6 Å². The van der Waals surface area contributed by atoms with E-state index in [1.807, 2.05) is 16.7 Å². The second kappa shape index (κ2) is 12.3. The summed E-state index contributed by atoms with van der Waals surface area (Å²) in [6.45, 7) is 6.78. The predicted octanol–water partition coefficient (Wildman–Crippen LogP) is 5.56. The summed E-state index contributed by atoms with van der Waals surface area (Å²) in [4.78, 5) is 29.0. The number of benzene rings is 3. The third kappa shape index (κ3) is 6.23. The first kappa shape index (κ1) is 29.8. The standard InChI is InChI=1S/C30H34ClN5O5S/c1-21-6-9-24(10-7-21)42(40,41)35-18-16-34(17-19-35)29-25(31)4-3-5-26(29)32-30(37)23-8-11-27(28(20-23)36(38)39)33-14-12-22(2)13-15-33/h3-11,20,22H,12-19H2,1-2H3,(H,32,37). The van der Waals surface area contributed by atoms with E-state index < -0.39 is 20.9 Å². The fourth-order valence-electron chi connectivity index (χ4n) is 5.47. The van der Waals surface area contributed by atoms with Gasteiger partial charge in [-0.1, -0.05) is 42.3 Å². The second-order valence-corrected chi connectivity index (χ2v) is 13.3. The van der Waals surface area contributed by atoms with E-state index in [0.717, 1.165) is 31.5 Å². The van der Waals surface area contributed by atoms with Gasteiger partial charge in [0.2, 0.25) is 10.0 Å². The monoisotopic (exact) mass is 611 g/mol. The number of anilines is 3. The highest BCUT2D eigenvalue weighted by atomic mass is 35.5. The van der Waals surface area contributed by atoms with Crippen molar-refractivity contribution < 1.29 is 18.1 Å². The molecule has 42 heavy (non-hydrogen) atoms. The number of carbonyl (C=O) groups is 1. The van der Waals surface area contributed by atoms with E-state index in [-0.39, 0.29) is 29.2 Å². The van der Waals surface area contributed by atoms with Gasteiger partial charge in [-0.2, -0.15) is 4.31 Å². The van der Waals surface area contributed by atoms with Crippen LogP contribution < -0.4 is 15.1 Å². The van der Waals surface area contributed by atoms with Gasteiger partial charge < -0.3 is 15.1 Å². The Balaban J connectivity index is 1.32. The number of amides is 1. The summed E-state index contributed by atoms with van der Waals surface area (Å²) in [5.74, 6) is 0.0823. The van der Waals surface area contributed by atoms with Gasteiger partial charge in [0, 0.05) is 50.9 Å². The lowest BCUT2D eigenvalue weighted by molar-refractivity contribution is -0.384. The van der Waals surface area contributed by atoms with Crippen LogP contribution in [0.5, 0.6) is 0 Å². The number of para-hydroxylation sites is 1. The molecule has 2 aliphatic heterocycles. The molecular weight excluding hydrogens is 578 g/mol. The number of sulfonamides is 1. The number of nitrogens with one attached hydrogen (secondary N) is 1. The van der Waals surface area contributed by atoms with Crippen molar-refractivity contribution in [1.29, 1.82) is 0 Å². The Bertz CT molecular complexity index is 1580. The maximum absolute atomic E-state index is 13.3. The lowest BCUT2D eigenvalue weighted by Gasteiger charge is -2.36. The van der Waals surface area contributed by atoms with Crippen LogP contribution in [0.3, 0.4) is 0 Å². The Morgan fingerprint density at radius 3 is 2.26 bits per heavy atom. The summed E-state index contributed by atoms with van der Waals surface area (Å²) in [6.07, 6.45) is 1.92. The molecule has 2 aliphatic rings. The smallest absolute Gasteiger partial charge is 0.293 e. The number of piperidine rings is 1. The van der Waals surface area contributed by atoms with Crippen LogP contribution in [0.2, 0.25) is 5.02 Å². The van der Waals surface area contributed by atoms with Crippen LogP contribution in [-0.4, -0.2) is 62.8 Å². The molecule has 0 radical (unpaired) electrons. The zero-order valence-corrected chi connectivity index (χ0v) is 25.2. The zero-order valence-electron chi connectivity index (χ0n) is 23.6. The normalized spacial score (nSPS) is 16.8. The molecule has 0 aromatic heterocycles. The molecule has 2 saturated heterocycles. The Labute approximate surface area is 251 Å². The van der Waals surface area contributed by atoms with Gasteiger partial charge in [0.15, 0.2) is 0 Å². The highest BCUT2D eigenvalue weighted by Gasteiger charge is 2.30. The van der Waals surface area contributed by atoms with Crippen LogP contribution >= 0.6 is 11.6 Å². The summed E-state index contributed by atoms with van der Waals surface area (Å²) in [5, 5.41) is 15.2. The van der Waals surface area contributed by atoms with E-state index in [0.29, 0.717) is 41.1 Å². The molecule has 3 aromatic rings. The van der Waals surface area contributed by atoms with Gasteiger partial charge in [-0.3, -0.25) is 14.9 Å². The maximum atomic E-state index is 13.3. The minimum Gasteiger partial charge on any atom is -0.366 e. The van der Waals surface area contributed by atoms with E-state index in [9.17, 15) is 23.3 Å². The van der Waals surface area contributed by atoms with Crippen LogP contribution in [0.1, 0.15) is 35.7 Å². The average molecular weight is 612 g/mol. The van der Waals surface area contributed by atoms with Crippen molar-refractivity contribution in [2.75, 3.05) is 54.4 Å². The quantitative estimate of drug-likeness (QED) is 0.275. The van der Waals surface area contributed by atoms with E-state index >= 15 is 0 Å². The van der Waals surface area contributed by atoms with Gasteiger partial charge >= 0.3 is 0 Å². The Morgan fingerprint density at radius 2 is 1.62 bits per heavy atom. The van der Waals surface area contributed by atoms with Crippen LogP contribution in [0.25, 0.3) is 0 Å². The summed E-state index contributed by atoms with van der Waals surface area (Å²) >= 11 is 6.59. The van der Waals surface area contributed by atoms with Gasteiger partial charge in [0.1, 0.15) is 5.69 Å². The lowest BCUT2D eigenvalue weighted by Crippen LogP contribution is -2.49. The van der Waals surface area contributed by atoms with Gasteiger partial charge in [-0.05, 0) is 62.1 Å². The fraction of sp³-hybridized carbons (Fsp3) is 0.367. The van der Waals surface area contributed by atoms with Crippen molar-refractivity contribution in [3.8, 4) is 0 Å². The maximum Gasteiger partial charge on any atom is 0.293 e. The van der Waals surface area contributed by atoms with E-state index in [4.69, 9.17) is 11.6 Å². The molecule has 10 nitrogen and oxygen atoms in total. The zero-order chi connectivity index (χ0) is 30.0. The van der Waals surface area contributed by atoms with E-state index in [1.54, 1.807) is 54.6 Å². The van der Waals surface area contributed by atoms with E-state index in [2.05, 4.69) is 12.2 Å². The number of halogens is 1. The average Bonchev–Trinajstić information content (AvgIpc) is 2.98. The summed E-state index contributed by atoms with van der Waals surface area (Å²) in [7, 11) is -3.64. The van der Waals surface area contributed by atoms with Gasteiger partial charge in [-0.15, -0.1) is 0 Å². The predicted molar refractivity (Wildman–Crippen MR) is 165 cm³/mol. The first-order valence-corrected chi connectivity index (χ1v) is 15.8. The van der Waals surface area contributed by atoms with Gasteiger partial charge in [0.05, 0.1) is 26.2 Å². The van der Waals surface area contributed by atoms with E-state index in [1.165, 1.54) is 10.4 Å². The van der Waals surface area contributed by atoms with Crippen molar-refractivity contribution >= 4 is 50.3 Å². The fourth-order valence-corrected chi connectivity index (χ4v) is 7.19. The number of aryl methyl sites for hydroxylation is 1. The number of piperazine rings is 1. The van der Waals surface area contributed by atoms with Crippen molar-refractivity contribution in [3.05, 3.63) is 86.9 Å². The minimum absolute atomic E-state index is 0.102. The second-order valence-electron chi connectivity index (χ2n) is 10.9. The molecule has 5 rings (SSSR count). The summed E-state index contributed by atoms with van der Waals surface area (Å²) in [6, 6.07) is 16.5. The molecule has 222 valence electrons. The highest BCUT2D eigenvalue weighted by molar-refractivity contribution is 7.89. The number of nitro benzene ring substituents is 1. The molecule has 0 aliphatic carbocycles. The largest absolute Gasteiger partial charge is 0.366 e. The van der Waals surface area contributed by atoms with Crippen LogP contribution in [-0.2, 0) is 10.0 Å². The summed E-state index contributed by atoms with van der Waals surface area (Å²) < 4.78 is 27.8. The minimum atomic E-state index is -3.64. The lowest BCUT2D eigenvalue weighted by atomic mass is 9.98. The third-order valence-electron chi connectivity index (χ3n) is 8.01. The molecule has 1 amide bonds. The molecule has 0 atom stereocenters. The van der Waals surface area contributed by atoms with Crippen molar-refractivity contribution in [3.63, 3.8) is 0 Å². The first-order chi connectivity index (χ1) is 20.0. The van der Waals surface area contributed by atoms with Crippen LogP contribution in [0.4, 0.5) is 22.7 Å². The number of hydrogen-bond donors (Lipinski definition) is 1. The third-order valence-corrected chi connectivity index (χ3v) is 10.2. The van der Waals surface area contributed by atoms with Crippen molar-refractivity contribution in [1.82, 2.24) is 4.31 Å². The molecule has 2 heterocycles.